The summed E-state index contributed by atoms with van der Waals surface area (Å²) in [7, 11) is -1.35. The van der Waals surface area contributed by atoms with Crippen molar-refractivity contribution in [3.63, 3.8) is 0 Å². The van der Waals surface area contributed by atoms with Crippen molar-refractivity contribution in [2.24, 2.45) is 17.8 Å². The van der Waals surface area contributed by atoms with Crippen LogP contribution in [0.4, 0.5) is 0 Å². The molecular weight excluding hydrogens is 274 g/mol. The first-order chi connectivity index (χ1) is 9.44. The Balaban J connectivity index is 1.88. The fourth-order valence-corrected chi connectivity index (χ4v) is 5.00. The molecule has 2 rings (SSSR count). The zero-order chi connectivity index (χ0) is 14.8. The van der Waals surface area contributed by atoms with Crippen molar-refractivity contribution in [3.05, 3.63) is 0 Å². The normalized spacial score (nSPS) is 33.6. The molecule has 2 fully saturated rings. The van der Waals surface area contributed by atoms with Gasteiger partial charge in [-0.3, -0.25) is 0 Å². The summed E-state index contributed by atoms with van der Waals surface area (Å²) in [6.45, 7) is 6.65. The van der Waals surface area contributed by atoms with Gasteiger partial charge in [0, 0.05) is 19.1 Å². The van der Waals surface area contributed by atoms with E-state index >= 15 is 0 Å². The lowest BCUT2D eigenvalue weighted by Gasteiger charge is -2.32. The van der Waals surface area contributed by atoms with E-state index in [1.807, 2.05) is 7.05 Å². The summed E-state index contributed by atoms with van der Waals surface area (Å²) >= 11 is 0. The highest BCUT2D eigenvalue weighted by molar-refractivity contribution is 7.87. The van der Waals surface area contributed by atoms with Crippen molar-refractivity contribution in [3.8, 4) is 0 Å². The molecule has 1 heterocycles. The van der Waals surface area contributed by atoms with Gasteiger partial charge < -0.3 is 5.32 Å². The van der Waals surface area contributed by atoms with Crippen molar-refractivity contribution >= 4 is 10.2 Å². The van der Waals surface area contributed by atoms with E-state index in [1.54, 1.807) is 4.31 Å². The summed E-state index contributed by atoms with van der Waals surface area (Å²) in [5.74, 6) is 1.66. The molecule has 20 heavy (non-hydrogen) atoms. The van der Waals surface area contributed by atoms with E-state index in [4.69, 9.17) is 0 Å². The predicted molar refractivity (Wildman–Crippen MR) is 81.6 cm³/mol. The maximum atomic E-state index is 12.5. The summed E-state index contributed by atoms with van der Waals surface area (Å²) < 4.78 is 29.5. The van der Waals surface area contributed by atoms with Gasteiger partial charge in [-0.15, -0.1) is 0 Å². The highest BCUT2D eigenvalue weighted by Gasteiger charge is 2.35. The summed E-state index contributed by atoms with van der Waals surface area (Å²) in [4.78, 5) is 0. The van der Waals surface area contributed by atoms with Crippen molar-refractivity contribution in [2.45, 2.75) is 45.6 Å². The first-order valence-electron chi connectivity index (χ1n) is 7.86. The molecule has 0 aromatic carbocycles. The third-order valence-corrected chi connectivity index (χ3v) is 6.82. The summed E-state index contributed by atoms with van der Waals surface area (Å²) in [6, 6.07) is 0.116. The Hall–Kier alpha value is -0.170. The summed E-state index contributed by atoms with van der Waals surface area (Å²) in [6.07, 6.45) is 4.01. The van der Waals surface area contributed by atoms with Crippen LogP contribution in [0.15, 0.2) is 0 Å². The van der Waals surface area contributed by atoms with Gasteiger partial charge in [0.05, 0.1) is 0 Å². The smallest absolute Gasteiger partial charge is 0.279 e. The molecule has 1 saturated heterocycles. The maximum absolute atomic E-state index is 12.5. The van der Waals surface area contributed by atoms with Crippen molar-refractivity contribution < 1.29 is 8.42 Å². The Morgan fingerprint density at radius 3 is 2.25 bits per heavy atom. The van der Waals surface area contributed by atoms with Gasteiger partial charge >= 0.3 is 0 Å². The monoisotopic (exact) mass is 303 g/mol. The van der Waals surface area contributed by atoms with E-state index < -0.39 is 10.2 Å². The molecule has 1 aliphatic heterocycles. The van der Waals surface area contributed by atoms with Gasteiger partial charge in [-0.25, -0.2) is 0 Å². The molecule has 3 unspecified atom stereocenters. The fourth-order valence-electron chi connectivity index (χ4n) is 3.44. The van der Waals surface area contributed by atoms with Crippen LogP contribution in [-0.4, -0.2) is 45.4 Å². The third kappa shape index (κ3) is 3.72. The SMILES string of the molecule is CNCC1CCN(S(=O)(=O)NC2CCC(C)C2C)CC1. The van der Waals surface area contributed by atoms with Gasteiger partial charge in [0.2, 0.25) is 0 Å². The Labute approximate surface area is 123 Å². The lowest BCUT2D eigenvalue weighted by atomic mass is 9.98. The molecule has 6 heteroatoms. The van der Waals surface area contributed by atoms with Gasteiger partial charge in [0.25, 0.3) is 10.2 Å². The Kier molecular flexibility index (Phi) is 5.45. The quantitative estimate of drug-likeness (QED) is 0.802. The minimum absolute atomic E-state index is 0.116. The number of rotatable bonds is 5. The molecule has 2 N–H and O–H groups in total. The van der Waals surface area contributed by atoms with Crippen molar-refractivity contribution in [1.82, 2.24) is 14.3 Å². The molecule has 2 aliphatic rings. The Morgan fingerprint density at radius 1 is 1.10 bits per heavy atom. The molecule has 0 aromatic rings. The molecule has 0 bridgehead atoms. The first-order valence-corrected chi connectivity index (χ1v) is 9.30. The minimum atomic E-state index is -3.30. The van der Waals surface area contributed by atoms with Crippen LogP contribution in [-0.2, 0) is 10.2 Å². The lowest BCUT2D eigenvalue weighted by Crippen LogP contribution is -2.49. The fraction of sp³-hybridized carbons (Fsp3) is 1.00. The first kappa shape index (κ1) is 16.2. The number of hydrogen-bond donors (Lipinski definition) is 2. The average molecular weight is 303 g/mol. The van der Waals surface area contributed by atoms with E-state index in [0.717, 1.165) is 32.2 Å². The van der Waals surface area contributed by atoms with Gasteiger partial charge in [-0.1, -0.05) is 13.8 Å². The minimum Gasteiger partial charge on any atom is -0.319 e. The van der Waals surface area contributed by atoms with Crippen LogP contribution in [0, 0.1) is 17.8 Å². The largest absolute Gasteiger partial charge is 0.319 e. The number of hydrogen-bond acceptors (Lipinski definition) is 3. The van der Waals surface area contributed by atoms with Gasteiger partial charge in [-0.2, -0.15) is 17.4 Å². The maximum Gasteiger partial charge on any atom is 0.279 e. The molecule has 0 aromatic heterocycles. The Bertz CT molecular complexity index is 405. The molecular formula is C14H29N3O2S. The van der Waals surface area contributed by atoms with Crippen LogP contribution in [0.3, 0.4) is 0 Å². The molecule has 5 nitrogen and oxygen atoms in total. The molecule has 1 saturated carbocycles. The third-order valence-electron chi connectivity index (χ3n) is 5.17. The molecule has 1 aliphatic carbocycles. The highest BCUT2D eigenvalue weighted by Crippen LogP contribution is 2.32. The highest BCUT2D eigenvalue weighted by atomic mass is 32.2. The van der Waals surface area contributed by atoms with E-state index in [-0.39, 0.29) is 6.04 Å². The second-order valence-corrected chi connectivity index (χ2v) is 8.25. The van der Waals surface area contributed by atoms with Gasteiger partial charge in [0.15, 0.2) is 0 Å². The number of nitrogens with zero attached hydrogens (tertiary/aromatic N) is 1. The van der Waals surface area contributed by atoms with Crippen LogP contribution in [0.1, 0.15) is 39.5 Å². The Morgan fingerprint density at radius 2 is 1.75 bits per heavy atom. The standard InChI is InChI=1S/C14H29N3O2S/c1-11-4-5-14(12(11)2)16-20(18,19)17-8-6-13(7-9-17)10-15-3/h11-16H,4-10H2,1-3H3. The van der Waals surface area contributed by atoms with Gasteiger partial charge in [-0.05, 0) is 57.0 Å². The van der Waals surface area contributed by atoms with E-state index in [9.17, 15) is 8.42 Å². The molecule has 0 spiro atoms. The summed E-state index contributed by atoms with van der Waals surface area (Å²) in [5.41, 5.74) is 0. The molecule has 118 valence electrons. The van der Waals surface area contributed by atoms with Crippen molar-refractivity contribution in [2.75, 3.05) is 26.7 Å². The van der Waals surface area contributed by atoms with E-state index in [2.05, 4.69) is 23.9 Å². The van der Waals surface area contributed by atoms with Crippen LogP contribution >= 0.6 is 0 Å². The average Bonchev–Trinajstić information content (AvgIpc) is 2.71. The predicted octanol–water partition coefficient (Wildman–Crippen LogP) is 1.19. The van der Waals surface area contributed by atoms with Crippen LogP contribution in [0.25, 0.3) is 0 Å². The van der Waals surface area contributed by atoms with Crippen LogP contribution < -0.4 is 10.0 Å². The number of nitrogens with one attached hydrogen (secondary N) is 2. The molecule has 0 radical (unpaired) electrons. The van der Waals surface area contributed by atoms with Crippen LogP contribution in [0.5, 0.6) is 0 Å². The topological polar surface area (TPSA) is 61.4 Å². The van der Waals surface area contributed by atoms with Crippen LogP contribution in [0.2, 0.25) is 0 Å². The van der Waals surface area contributed by atoms with Gasteiger partial charge in [0.1, 0.15) is 0 Å². The molecule has 3 atom stereocenters. The zero-order valence-corrected chi connectivity index (χ0v) is 13.7. The second-order valence-electron chi connectivity index (χ2n) is 6.54. The summed E-state index contributed by atoms with van der Waals surface area (Å²) in [5, 5.41) is 3.18. The van der Waals surface area contributed by atoms with Crippen molar-refractivity contribution in [1.29, 1.82) is 0 Å². The van der Waals surface area contributed by atoms with E-state index in [0.29, 0.717) is 30.8 Å². The molecule has 0 amide bonds. The second kappa shape index (κ2) is 6.73. The van der Waals surface area contributed by atoms with E-state index in [1.165, 1.54) is 0 Å². The number of piperidine rings is 1. The lowest BCUT2D eigenvalue weighted by molar-refractivity contribution is 0.265. The zero-order valence-electron chi connectivity index (χ0n) is 12.9.